The van der Waals surface area contributed by atoms with Crippen LogP contribution in [0.25, 0.3) is 10.6 Å². The Bertz CT molecular complexity index is 554. The quantitative estimate of drug-likeness (QED) is 0.845. The average Bonchev–Trinajstić information content (AvgIpc) is 3.04. The molecule has 21 heavy (non-hydrogen) atoms. The summed E-state index contributed by atoms with van der Waals surface area (Å²) in [6.45, 7) is 5.75. The molecular weight excluding hydrogens is 284 g/mol. The first kappa shape index (κ1) is 14.4. The van der Waals surface area contributed by atoms with Crippen molar-refractivity contribution in [2.45, 2.75) is 0 Å². The molecule has 1 aliphatic rings. The molecule has 1 aromatic heterocycles. The van der Waals surface area contributed by atoms with Crippen LogP contribution in [0.5, 0.6) is 0 Å². The average molecular weight is 304 g/mol. The van der Waals surface area contributed by atoms with Gasteiger partial charge in [-0.3, -0.25) is 4.90 Å². The second-order valence-electron chi connectivity index (χ2n) is 5.13. The molecule has 0 unspecified atom stereocenters. The predicted molar refractivity (Wildman–Crippen MR) is 85.9 cm³/mol. The highest BCUT2D eigenvalue weighted by molar-refractivity contribution is 7.18. The summed E-state index contributed by atoms with van der Waals surface area (Å²) in [5.41, 5.74) is 1.13. The molecule has 1 saturated heterocycles. The first-order valence-electron chi connectivity index (χ1n) is 7.23. The van der Waals surface area contributed by atoms with Crippen molar-refractivity contribution in [3.63, 3.8) is 0 Å². The third-order valence-electron chi connectivity index (χ3n) is 3.62. The molecule has 0 amide bonds. The van der Waals surface area contributed by atoms with E-state index in [1.807, 2.05) is 18.2 Å². The number of nitrogens with zero attached hydrogens (tertiary/aromatic N) is 4. The Balaban J connectivity index is 1.57. The minimum Gasteiger partial charge on any atom is -0.379 e. The summed E-state index contributed by atoms with van der Waals surface area (Å²) >= 11 is 1.64. The van der Waals surface area contributed by atoms with Crippen LogP contribution >= 0.6 is 11.3 Å². The Morgan fingerprint density at radius 3 is 2.71 bits per heavy atom. The molecule has 112 valence electrons. The maximum Gasteiger partial charge on any atom is 0.208 e. The Kier molecular flexibility index (Phi) is 4.80. The highest BCUT2D eigenvalue weighted by atomic mass is 32.1. The molecule has 1 aromatic carbocycles. The van der Waals surface area contributed by atoms with Gasteiger partial charge in [0, 0.05) is 38.8 Å². The fourth-order valence-corrected chi connectivity index (χ4v) is 3.12. The second-order valence-corrected chi connectivity index (χ2v) is 6.09. The first-order chi connectivity index (χ1) is 10.3. The molecule has 1 aliphatic heterocycles. The number of morpholine rings is 1. The van der Waals surface area contributed by atoms with Crippen molar-refractivity contribution in [3.8, 4) is 10.6 Å². The van der Waals surface area contributed by atoms with Crippen LogP contribution in [-0.4, -0.2) is 61.5 Å². The van der Waals surface area contributed by atoms with Gasteiger partial charge in [-0.1, -0.05) is 41.7 Å². The lowest BCUT2D eigenvalue weighted by Gasteiger charge is -2.28. The smallest absolute Gasteiger partial charge is 0.208 e. The lowest BCUT2D eigenvalue weighted by molar-refractivity contribution is 0.0393. The van der Waals surface area contributed by atoms with E-state index in [9.17, 15) is 0 Å². The fraction of sp³-hybridized carbons (Fsp3) is 0.467. The standard InChI is InChI=1S/C15H20N4OS/c1-18(7-8-19-9-11-20-12-10-19)15-17-16-14(21-15)13-5-3-2-4-6-13/h2-6H,7-12H2,1H3. The summed E-state index contributed by atoms with van der Waals surface area (Å²) in [7, 11) is 2.08. The van der Waals surface area contributed by atoms with E-state index in [0.29, 0.717) is 0 Å². The molecule has 0 spiro atoms. The minimum atomic E-state index is 0.848. The van der Waals surface area contributed by atoms with Gasteiger partial charge in [0.15, 0.2) is 0 Å². The van der Waals surface area contributed by atoms with Gasteiger partial charge in [-0.15, -0.1) is 10.2 Å². The van der Waals surface area contributed by atoms with Crippen molar-refractivity contribution in [2.24, 2.45) is 0 Å². The van der Waals surface area contributed by atoms with Gasteiger partial charge in [-0.05, 0) is 0 Å². The van der Waals surface area contributed by atoms with Gasteiger partial charge in [0.1, 0.15) is 5.01 Å². The number of hydrogen-bond acceptors (Lipinski definition) is 6. The molecule has 3 rings (SSSR count). The maximum absolute atomic E-state index is 5.37. The lowest BCUT2D eigenvalue weighted by atomic mass is 10.2. The van der Waals surface area contributed by atoms with Crippen LogP contribution in [0.15, 0.2) is 30.3 Å². The SMILES string of the molecule is CN(CCN1CCOCC1)c1nnc(-c2ccccc2)s1. The Hall–Kier alpha value is -1.50. The van der Waals surface area contributed by atoms with Gasteiger partial charge in [0.2, 0.25) is 5.13 Å². The molecule has 1 fully saturated rings. The molecular formula is C15H20N4OS. The summed E-state index contributed by atoms with van der Waals surface area (Å²) in [5.74, 6) is 0. The summed E-state index contributed by atoms with van der Waals surface area (Å²) in [4.78, 5) is 4.61. The van der Waals surface area contributed by atoms with E-state index in [0.717, 1.165) is 55.1 Å². The Morgan fingerprint density at radius 1 is 1.19 bits per heavy atom. The normalized spacial score (nSPS) is 16.0. The van der Waals surface area contributed by atoms with Crippen molar-refractivity contribution in [1.82, 2.24) is 15.1 Å². The Morgan fingerprint density at radius 2 is 1.95 bits per heavy atom. The maximum atomic E-state index is 5.37. The Labute approximate surface area is 129 Å². The molecule has 2 aromatic rings. The van der Waals surface area contributed by atoms with Crippen LogP contribution < -0.4 is 4.90 Å². The third-order valence-corrected chi connectivity index (χ3v) is 4.70. The van der Waals surface area contributed by atoms with Crippen LogP contribution in [0, 0.1) is 0 Å². The molecule has 0 aliphatic carbocycles. The van der Waals surface area contributed by atoms with E-state index >= 15 is 0 Å². The van der Waals surface area contributed by atoms with Gasteiger partial charge in [-0.25, -0.2) is 0 Å². The van der Waals surface area contributed by atoms with Gasteiger partial charge < -0.3 is 9.64 Å². The van der Waals surface area contributed by atoms with E-state index in [1.54, 1.807) is 11.3 Å². The van der Waals surface area contributed by atoms with Gasteiger partial charge >= 0.3 is 0 Å². The summed E-state index contributed by atoms with van der Waals surface area (Å²) < 4.78 is 5.37. The van der Waals surface area contributed by atoms with Crippen molar-refractivity contribution < 1.29 is 4.74 Å². The topological polar surface area (TPSA) is 41.5 Å². The zero-order valence-corrected chi connectivity index (χ0v) is 13.1. The number of anilines is 1. The van der Waals surface area contributed by atoms with Crippen molar-refractivity contribution in [1.29, 1.82) is 0 Å². The third kappa shape index (κ3) is 3.78. The van der Waals surface area contributed by atoms with E-state index in [1.165, 1.54) is 0 Å². The van der Waals surface area contributed by atoms with Crippen LogP contribution in [0.3, 0.4) is 0 Å². The predicted octanol–water partition coefficient (Wildman–Crippen LogP) is 1.97. The highest BCUT2D eigenvalue weighted by Crippen LogP contribution is 2.27. The number of aromatic nitrogens is 2. The zero-order chi connectivity index (χ0) is 14.5. The summed E-state index contributed by atoms with van der Waals surface area (Å²) in [5, 5.41) is 10.6. The highest BCUT2D eigenvalue weighted by Gasteiger charge is 2.13. The second kappa shape index (κ2) is 6.98. The molecule has 0 atom stereocenters. The van der Waals surface area contributed by atoms with Crippen molar-refractivity contribution >= 4 is 16.5 Å². The van der Waals surface area contributed by atoms with Crippen molar-refractivity contribution in [3.05, 3.63) is 30.3 Å². The number of likely N-dealkylation sites (N-methyl/N-ethyl adjacent to an activating group) is 1. The first-order valence-corrected chi connectivity index (χ1v) is 8.05. The molecule has 0 N–H and O–H groups in total. The zero-order valence-electron chi connectivity index (χ0n) is 12.2. The van der Waals surface area contributed by atoms with E-state index in [4.69, 9.17) is 4.74 Å². The van der Waals surface area contributed by atoms with E-state index < -0.39 is 0 Å². The fourth-order valence-electron chi connectivity index (χ4n) is 2.28. The summed E-state index contributed by atoms with van der Waals surface area (Å²) in [6, 6.07) is 10.2. The van der Waals surface area contributed by atoms with Gasteiger partial charge in [-0.2, -0.15) is 0 Å². The van der Waals surface area contributed by atoms with E-state index in [2.05, 4.69) is 39.2 Å². The largest absolute Gasteiger partial charge is 0.379 e. The van der Waals surface area contributed by atoms with Crippen LogP contribution in [0.4, 0.5) is 5.13 Å². The van der Waals surface area contributed by atoms with Crippen molar-refractivity contribution in [2.75, 3.05) is 51.3 Å². The lowest BCUT2D eigenvalue weighted by Crippen LogP contribution is -2.40. The number of rotatable bonds is 5. The van der Waals surface area contributed by atoms with Gasteiger partial charge in [0.25, 0.3) is 0 Å². The molecule has 0 radical (unpaired) electrons. The molecule has 5 nitrogen and oxygen atoms in total. The molecule has 6 heteroatoms. The molecule has 2 heterocycles. The van der Waals surface area contributed by atoms with Crippen LogP contribution in [0.1, 0.15) is 0 Å². The van der Waals surface area contributed by atoms with Crippen LogP contribution in [-0.2, 0) is 4.74 Å². The molecule has 0 saturated carbocycles. The monoisotopic (exact) mass is 304 g/mol. The number of ether oxygens (including phenoxy) is 1. The van der Waals surface area contributed by atoms with Crippen LogP contribution in [0.2, 0.25) is 0 Å². The molecule has 0 bridgehead atoms. The minimum absolute atomic E-state index is 0.848. The van der Waals surface area contributed by atoms with E-state index in [-0.39, 0.29) is 0 Å². The number of hydrogen-bond donors (Lipinski definition) is 0. The van der Waals surface area contributed by atoms with Gasteiger partial charge in [0.05, 0.1) is 13.2 Å². The number of benzene rings is 1. The summed E-state index contributed by atoms with van der Waals surface area (Å²) in [6.07, 6.45) is 0.